The van der Waals surface area contributed by atoms with Crippen LogP contribution in [0.1, 0.15) is 22.6 Å². The minimum atomic E-state index is -4.52. The first kappa shape index (κ1) is 20.1. The van der Waals surface area contributed by atoms with E-state index in [-0.39, 0.29) is 11.4 Å². The Hall–Kier alpha value is -2.65. The second-order valence-electron chi connectivity index (χ2n) is 6.25. The van der Waals surface area contributed by atoms with Crippen molar-refractivity contribution < 1.29 is 26.1 Å². The summed E-state index contributed by atoms with van der Waals surface area (Å²) in [5, 5.41) is 3.90. The minimum Gasteiger partial charge on any atom is -0.361 e. The molecular weight excluding hydrogens is 393 g/mol. The quantitative estimate of drug-likeness (QED) is 0.674. The van der Waals surface area contributed by atoms with Gasteiger partial charge in [-0.1, -0.05) is 23.4 Å². The largest absolute Gasteiger partial charge is 0.416 e. The molecule has 0 aliphatic carbocycles. The zero-order chi connectivity index (χ0) is 20.5. The second-order valence-corrected chi connectivity index (χ2v) is 8.01. The molecule has 0 unspecified atom stereocenters. The van der Waals surface area contributed by atoms with Crippen LogP contribution in [0, 0.1) is 13.8 Å². The van der Waals surface area contributed by atoms with Gasteiger partial charge in [-0.2, -0.15) is 13.2 Å². The summed E-state index contributed by atoms with van der Waals surface area (Å²) >= 11 is 0. The lowest BCUT2D eigenvalue weighted by atomic mass is 10.0. The van der Waals surface area contributed by atoms with E-state index < -0.39 is 21.8 Å². The molecule has 3 aromatic rings. The van der Waals surface area contributed by atoms with Gasteiger partial charge in [0, 0.05) is 12.1 Å². The third-order valence-electron chi connectivity index (χ3n) is 4.21. The molecule has 0 fully saturated rings. The molecule has 3 rings (SSSR count). The van der Waals surface area contributed by atoms with Gasteiger partial charge in [0.05, 0.1) is 16.2 Å². The Kier molecular flexibility index (Phi) is 5.31. The van der Waals surface area contributed by atoms with Crippen molar-refractivity contribution in [2.24, 2.45) is 0 Å². The average molecular weight is 410 g/mol. The SMILES string of the molecule is Cc1noc(C)c1-c1cccc(CNS(=O)(=O)c2ccc(C(F)(F)F)cc2)c1. The summed E-state index contributed by atoms with van der Waals surface area (Å²) in [5.74, 6) is 0.653. The Labute approximate surface area is 160 Å². The topological polar surface area (TPSA) is 72.2 Å². The number of aromatic nitrogens is 1. The number of nitrogens with zero attached hydrogens (tertiary/aromatic N) is 1. The molecular formula is C19H17F3N2O3S. The van der Waals surface area contributed by atoms with E-state index in [1.165, 1.54) is 0 Å². The van der Waals surface area contributed by atoms with Gasteiger partial charge in [0.15, 0.2) is 0 Å². The van der Waals surface area contributed by atoms with Crippen molar-refractivity contribution in [3.05, 3.63) is 71.1 Å². The van der Waals surface area contributed by atoms with Gasteiger partial charge >= 0.3 is 6.18 Å². The Morgan fingerprint density at radius 1 is 1.07 bits per heavy atom. The van der Waals surface area contributed by atoms with E-state index in [0.29, 0.717) is 11.3 Å². The summed E-state index contributed by atoms with van der Waals surface area (Å²) in [6.45, 7) is 3.59. The van der Waals surface area contributed by atoms with Crippen LogP contribution in [0.2, 0.25) is 0 Å². The van der Waals surface area contributed by atoms with Crippen molar-refractivity contribution in [3.63, 3.8) is 0 Å². The van der Waals surface area contributed by atoms with Crippen LogP contribution in [-0.2, 0) is 22.7 Å². The van der Waals surface area contributed by atoms with Crippen LogP contribution in [0.25, 0.3) is 11.1 Å². The number of halogens is 3. The molecule has 1 aromatic heterocycles. The number of hydrogen-bond donors (Lipinski definition) is 1. The fourth-order valence-corrected chi connectivity index (χ4v) is 3.83. The zero-order valence-corrected chi connectivity index (χ0v) is 15.9. The lowest BCUT2D eigenvalue weighted by Crippen LogP contribution is -2.23. The number of benzene rings is 2. The molecule has 9 heteroatoms. The van der Waals surface area contributed by atoms with Crippen molar-refractivity contribution in [1.82, 2.24) is 9.88 Å². The lowest BCUT2D eigenvalue weighted by molar-refractivity contribution is -0.137. The second kappa shape index (κ2) is 7.40. The summed E-state index contributed by atoms with van der Waals surface area (Å²) < 4.78 is 70.2. The minimum absolute atomic E-state index is 0.0133. The molecule has 0 saturated carbocycles. The predicted molar refractivity (Wildman–Crippen MR) is 96.9 cm³/mol. The molecule has 2 aromatic carbocycles. The number of rotatable bonds is 5. The monoisotopic (exact) mass is 410 g/mol. The van der Waals surface area contributed by atoms with Crippen LogP contribution in [0.4, 0.5) is 13.2 Å². The molecule has 148 valence electrons. The average Bonchev–Trinajstić information content (AvgIpc) is 2.98. The van der Waals surface area contributed by atoms with E-state index in [2.05, 4.69) is 9.88 Å². The highest BCUT2D eigenvalue weighted by atomic mass is 32.2. The number of nitrogens with one attached hydrogen (secondary N) is 1. The zero-order valence-electron chi connectivity index (χ0n) is 15.0. The Bertz CT molecular complexity index is 1070. The molecule has 5 nitrogen and oxygen atoms in total. The molecule has 0 amide bonds. The van der Waals surface area contributed by atoms with Gasteiger partial charge in [-0.25, -0.2) is 13.1 Å². The van der Waals surface area contributed by atoms with Crippen LogP contribution in [0.15, 0.2) is 57.9 Å². The van der Waals surface area contributed by atoms with E-state index in [9.17, 15) is 21.6 Å². The molecule has 0 spiro atoms. The third kappa shape index (κ3) is 4.26. The summed E-state index contributed by atoms with van der Waals surface area (Å²) in [4.78, 5) is -0.234. The molecule has 0 aliphatic rings. The lowest BCUT2D eigenvalue weighted by Gasteiger charge is -2.10. The van der Waals surface area contributed by atoms with Crippen molar-refractivity contribution in [1.29, 1.82) is 0 Å². The van der Waals surface area contributed by atoms with Crippen LogP contribution in [-0.4, -0.2) is 13.6 Å². The van der Waals surface area contributed by atoms with Crippen LogP contribution in [0.3, 0.4) is 0 Å². The van der Waals surface area contributed by atoms with Gasteiger partial charge in [0.2, 0.25) is 10.0 Å². The molecule has 0 saturated heterocycles. The fourth-order valence-electron chi connectivity index (χ4n) is 2.82. The van der Waals surface area contributed by atoms with Crippen molar-refractivity contribution in [3.8, 4) is 11.1 Å². The normalized spacial score (nSPS) is 12.3. The van der Waals surface area contributed by atoms with Crippen LogP contribution < -0.4 is 4.72 Å². The number of hydrogen-bond acceptors (Lipinski definition) is 4. The van der Waals surface area contributed by atoms with Gasteiger partial charge in [-0.3, -0.25) is 0 Å². The highest BCUT2D eigenvalue weighted by Crippen LogP contribution is 2.30. The van der Waals surface area contributed by atoms with E-state index in [1.54, 1.807) is 19.1 Å². The molecule has 1 N–H and O–H groups in total. The standard InChI is InChI=1S/C19H17F3N2O3S/c1-12-18(13(2)27-24-12)15-5-3-4-14(10-15)11-23-28(25,26)17-8-6-16(7-9-17)19(20,21)22/h3-10,23H,11H2,1-2H3. The Balaban J connectivity index is 1.77. The molecule has 28 heavy (non-hydrogen) atoms. The molecule has 0 atom stereocenters. The van der Waals surface area contributed by atoms with Crippen LogP contribution in [0.5, 0.6) is 0 Å². The first-order valence-corrected chi connectivity index (χ1v) is 9.75. The number of sulfonamides is 1. The summed E-state index contributed by atoms with van der Waals surface area (Å²) in [5.41, 5.74) is 2.18. The maximum Gasteiger partial charge on any atom is 0.416 e. The van der Waals surface area contributed by atoms with Crippen molar-refractivity contribution >= 4 is 10.0 Å². The van der Waals surface area contributed by atoms with Gasteiger partial charge in [-0.05, 0) is 55.3 Å². The Morgan fingerprint density at radius 3 is 2.32 bits per heavy atom. The van der Waals surface area contributed by atoms with Gasteiger partial charge in [0.25, 0.3) is 0 Å². The van der Waals surface area contributed by atoms with E-state index in [4.69, 9.17) is 4.52 Å². The first-order valence-electron chi connectivity index (χ1n) is 8.27. The summed E-state index contributed by atoms with van der Waals surface area (Å²) in [6, 6.07) is 10.6. The third-order valence-corrected chi connectivity index (χ3v) is 5.62. The number of alkyl halides is 3. The summed E-state index contributed by atoms with van der Waals surface area (Å²) in [6.07, 6.45) is -4.52. The van der Waals surface area contributed by atoms with Gasteiger partial charge in [0.1, 0.15) is 5.76 Å². The molecule has 0 bridgehead atoms. The summed E-state index contributed by atoms with van der Waals surface area (Å²) in [7, 11) is -3.95. The van der Waals surface area contributed by atoms with E-state index in [0.717, 1.165) is 41.1 Å². The van der Waals surface area contributed by atoms with E-state index >= 15 is 0 Å². The maximum absolute atomic E-state index is 12.6. The fraction of sp³-hybridized carbons (Fsp3) is 0.211. The highest BCUT2D eigenvalue weighted by Gasteiger charge is 2.30. The van der Waals surface area contributed by atoms with Crippen LogP contribution >= 0.6 is 0 Å². The number of aryl methyl sites for hydroxylation is 2. The first-order chi connectivity index (χ1) is 13.1. The van der Waals surface area contributed by atoms with E-state index in [1.807, 2.05) is 19.1 Å². The highest BCUT2D eigenvalue weighted by molar-refractivity contribution is 7.89. The smallest absolute Gasteiger partial charge is 0.361 e. The van der Waals surface area contributed by atoms with Crippen molar-refractivity contribution in [2.45, 2.75) is 31.5 Å². The van der Waals surface area contributed by atoms with Gasteiger partial charge < -0.3 is 4.52 Å². The molecule has 0 aliphatic heterocycles. The predicted octanol–water partition coefficient (Wildman–Crippen LogP) is 4.46. The Morgan fingerprint density at radius 2 is 1.75 bits per heavy atom. The molecule has 1 heterocycles. The molecule has 0 radical (unpaired) electrons. The maximum atomic E-state index is 12.6. The van der Waals surface area contributed by atoms with Gasteiger partial charge in [-0.15, -0.1) is 0 Å². The van der Waals surface area contributed by atoms with Crippen molar-refractivity contribution in [2.75, 3.05) is 0 Å².